The molecule has 3 aromatic carbocycles. The van der Waals surface area contributed by atoms with Crippen LogP contribution in [0.2, 0.25) is 5.15 Å². The normalized spacial score (nSPS) is 11.1. The van der Waals surface area contributed by atoms with Crippen LogP contribution in [-0.4, -0.2) is 37.1 Å². The van der Waals surface area contributed by atoms with Crippen molar-refractivity contribution in [3.63, 3.8) is 0 Å². The zero-order valence-corrected chi connectivity index (χ0v) is 20.4. The maximum Gasteiger partial charge on any atom is 0.259 e. The van der Waals surface area contributed by atoms with Crippen LogP contribution in [0.3, 0.4) is 0 Å². The van der Waals surface area contributed by atoms with E-state index in [0.29, 0.717) is 41.0 Å². The first-order chi connectivity index (χ1) is 17.5. The predicted molar refractivity (Wildman–Crippen MR) is 141 cm³/mol. The Hall–Kier alpha value is -4.23. The van der Waals surface area contributed by atoms with E-state index in [0.717, 1.165) is 11.3 Å². The molecule has 5 aromatic rings. The highest BCUT2D eigenvalue weighted by molar-refractivity contribution is 6.33. The van der Waals surface area contributed by atoms with Crippen molar-refractivity contribution in [2.24, 2.45) is 0 Å². The zero-order valence-electron chi connectivity index (χ0n) is 19.7. The summed E-state index contributed by atoms with van der Waals surface area (Å²) in [7, 11) is 0. The van der Waals surface area contributed by atoms with Gasteiger partial charge in [0.2, 0.25) is 0 Å². The smallest absolute Gasteiger partial charge is 0.259 e. The summed E-state index contributed by atoms with van der Waals surface area (Å²) in [4.78, 5) is 35.6. The maximum atomic E-state index is 13.9. The number of benzene rings is 3. The number of halogens is 1. The molecule has 2 aromatic heterocycles. The molecule has 2 heterocycles. The number of aromatic nitrogens is 4. The molecule has 0 atom stereocenters. The van der Waals surface area contributed by atoms with Crippen molar-refractivity contribution in [3.8, 4) is 5.69 Å². The van der Waals surface area contributed by atoms with Crippen molar-refractivity contribution in [2.45, 2.75) is 19.9 Å². The number of carbonyl (C=O) groups is 1. The topological polar surface area (TPSA) is 83.9 Å². The summed E-state index contributed by atoms with van der Waals surface area (Å²) in [5, 5.41) is 5.28. The fourth-order valence-corrected chi connectivity index (χ4v) is 4.55. The molecular weight excluding hydrogens is 474 g/mol. The number of fused-ring (bicyclic) bond motifs is 1. The zero-order chi connectivity index (χ0) is 25.1. The lowest BCUT2D eigenvalue weighted by molar-refractivity contribution is 0.0740. The van der Waals surface area contributed by atoms with Crippen LogP contribution in [0.25, 0.3) is 16.6 Å². The average molecular weight is 498 g/mol. The number of rotatable bonds is 7. The SMILES string of the molecule is Cc1nn(-c2ccccc2)c(Cl)c1C(=O)N(CCc1ccccc1)Cc1nc2ccccc2c(=O)[nH]1. The molecule has 0 aliphatic heterocycles. The van der Waals surface area contributed by atoms with E-state index >= 15 is 0 Å². The number of hydrogen-bond acceptors (Lipinski definition) is 4. The van der Waals surface area contributed by atoms with E-state index in [1.807, 2.05) is 66.7 Å². The predicted octanol–water partition coefficient (Wildman–Crippen LogP) is 4.96. The minimum atomic E-state index is -0.272. The molecule has 0 aliphatic carbocycles. The molecule has 1 amide bonds. The Morgan fingerprint density at radius 2 is 1.64 bits per heavy atom. The Labute approximate surface area is 213 Å². The summed E-state index contributed by atoms with van der Waals surface area (Å²) in [6, 6.07) is 26.5. The third kappa shape index (κ3) is 4.78. The lowest BCUT2D eigenvalue weighted by Crippen LogP contribution is -2.34. The van der Waals surface area contributed by atoms with E-state index in [1.165, 1.54) is 0 Å². The molecule has 180 valence electrons. The van der Waals surface area contributed by atoms with Crippen LogP contribution < -0.4 is 5.56 Å². The van der Waals surface area contributed by atoms with Gasteiger partial charge in [-0.15, -0.1) is 0 Å². The van der Waals surface area contributed by atoms with Crippen LogP contribution in [0.5, 0.6) is 0 Å². The lowest BCUT2D eigenvalue weighted by atomic mass is 10.1. The Balaban J connectivity index is 1.50. The van der Waals surface area contributed by atoms with Crippen molar-refractivity contribution >= 4 is 28.4 Å². The van der Waals surface area contributed by atoms with E-state index in [1.54, 1.807) is 34.7 Å². The van der Waals surface area contributed by atoms with Gasteiger partial charge < -0.3 is 9.88 Å². The quantitative estimate of drug-likeness (QED) is 0.344. The third-order valence-corrected chi connectivity index (χ3v) is 6.37. The molecule has 5 rings (SSSR count). The second-order valence-electron chi connectivity index (χ2n) is 8.49. The largest absolute Gasteiger partial charge is 0.331 e. The molecule has 0 bridgehead atoms. The highest BCUT2D eigenvalue weighted by Crippen LogP contribution is 2.25. The van der Waals surface area contributed by atoms with Crippen LogP contribution in [0, 0.1) is 6.92 Å². The second-order valence-corrected chi connectivity index (χ2v) is 8.85. The summed E-state index contributed by atoms with van der Waals surface area (Å²) in [5.74, 6) is 0.135. The Morgan fingerprint density at radius 1 is 0.972 bits per heavy atom. The van der Waals surface area contributed by atoms with Crippen molar-refractivity contribution in [3.05, 3.63) is 123 Å². The van der Waals surface area contributed by atoms with Crippen molar-refractivity contribution in [1.29, 1.82) is 0 Å². The van der Waals surface area contributed by atoms with Gasteiger partial charge >= 0.3 is 0 Å². The third-order valence-electron chi connectivity index (χ3n) is 6.02. The van der Waals surface area contributed by atoms with Crippen LogP contribution >= 0.6 is 11.6 Å². The molecule has 1 N–H and O–H groups in total. The number of H-pyrrole nitrogens is 1. The molecule has 7 nitrogen and oxygen atoms in total. The standard InChI is InChI=1S/C28H24ClN5O2/c1-19-25(26(29)34(32-19)21-12-6-3-7-13-21)28(36)33(17-16-20-10-4-2-5-11-20)18-24-30-23-15-9-8-14-22(23)27(35)31-24/h2-15H,16-18H2,1H3,(H,30,31,35). The minimum Gasteiger partial charge on any atom is -0.331 e. The first-order valence-corrected chi connectivity index (χ1v) is 12.0. The molecule has 0 spiro atoms. The number of aryl methyl sites for hydroxylation is 1. The number of nitrogens with one attached hydrogen (secondary N) is 1. The number of para-hydroxylation sites is 2. The Kier molecular flexibility index (Phi) is 6.64. The van der Waals surface area contributed by atoms with Gasteiger partial charge in [-0.2, -0.15) is 5.10 Å². The first-order valence-electron chi connectivity index (χ1n) is 11.6. The fourth-order valence-electron chi connectivity index (χ4n) is 4.19. The molecule has 36 heavy (non-hydrogen) atoms. The number of carbonyl (C=O) groups excluding carboxylic acids is 1. The van der Waals surface area contributed by atoms with Gasteiger partial charge in [0.1, 0.15) is 11.0 Å². The molecule has 0 fully saturated rings. The Morgan fingerprint density at radius 3 is 2.39 bits per heavy atom. The van der Waals surface area contributed by atoms with Gasteiger partial charge in [-0.3, -0.25) is 9.59 Å². The van der Waals surface area contributed by atoms with Crippen molar-refractivity contribution in [2.75, 3.05) is 6.54 Å². The highest BCUT2D eigenvalue weighted by atomic mass is 35.5. The first kappa shape index (κ1) is 23.5. The van der Waals surface area contributed by atoms with Gasteiger partial charge in [0.15, 0.2) is 0 Å². The maximum absolute atomic E-state index is 13.9. The summed E-state index contributed by atoms with van der Waals surface area (Å²) in [6.07, 6.45) is 0.633. The molecule has 0 aliphatic rings. The van der Waals surface area contributed by atoms with E-state index in [4.69, 9.17) is 11.6 Å². The van der Waals surface area contributed by atoms with Crippen LogP contribution in [0.4, 0.5) is 0 Å². The van der Waals surface area contributed by atoms with Gasteiger partial charge in [0.05, 0.1) is 34.4 Å². The van der Waals surface area contributed by atoms with Crippen LogP contribution in [-0.2, 0) is 13.0 Å². The van der Waals surface area contributed by atoms with E-state index in [2.05, 4.69) is 15.1 Å². The van der Waals surface area contributed by atoms with E-state index in [-0.39, 0.29) is 23.2 Å². The number of hydrogen-bond donors (Lipinski definition) is 1. The fraction of sp³-hybridized carbons (Fsp3) is 0.143. The monoisotopic (exact) mass is 497 g/mol. The molecule has 0 saturated carbocycles. The van der Waals surface area contributed by atoms with E-state index < -0.39 is 0 Å². The van der Waals surface area contributed by atoms with Gasteiger partial charge in [0.25, 0.3) is 11.5 Å². The Bertz CT molecular complexity index is 1580. The lowest BCUT2D eigenvalue weighted by Gasteiger charge is -2.22. The number of aromatic amines is 1. The summed E-state index contributed by atoms with van der Waals surface area (Å²) >= 11 is 6.71. The number of amides is 1. The molecular formula is C28H24ClN5O2. The molecule has 0 unspecified atom stereocenters. The van der Waals surface area contributed by atoms with Crippen LogP contribution in [0.1, 0.15) is 27.4 Å². The van der Waals surface area contributed by atoms with Crippen molar-refractivity contribution in [1.82, 2.24) is 24.6 Å². The van der Waals surface area contributed by atoms with Crippen molar-refractivity contribution < 1.29 is 4.79 Å². The molecule has 0 saturated heterocycles. The summed E-state index contributed by atoms with van der Waals surface area (Å²) in [6.45, 7) is 2.30. The molecule has 0 radical (unpaired) electrons. The second kappa shape index (κ2) is 10.2. The average Bonchev–Trinajstić information content (AvgIpc) is 3.20. The minimum absolute atomic E-state index is 0.123. The van der Waals surface area contributed by atoms with Gasteiger partial charge in [-0.05, 0) is 43.2 Å². The summed E-state index contributed by atoms with van der Waals surface area (Å²) < 4.78 is 1.57. The highest BCUT2D eigenvalue weighted by Gasteiger charge is 2.26. The number of nitrogens with zero attached hydrogens (tertiary/aromatic N) is 4. The van der Waals surface area contributed by atoms with Gasteiger partial charge in [0, 0.05) is 6.54 Å². The van der Waals surface area contributed by atoms with Crippen LogP contribution in [0.15, 0.2) is 89.7 Å². The van der Waals surface area contributed by atoms with Gasteiger partial charge in [-0.1, -0.05) is 72.3 Å². The summed E-state index contributed by atoms with van der Waals surface area (Å²) in [5.41, 5.74) is 3.06. The van der Waals surface area contributed by atoms with E-state index in [9.17, 15) is 9.59 Å². The molecule has 8 heteroatoms. The van der Waals surface area contributed by atoms with Gasteiger partial charge in [-0.25, -0.2) is 9.67 Å².